The van der Waals surface area contributed by atoms with Crippen molar-refractivity contribution < 1.29 is 32.9 Å². The largest absolute Gasteiger partial charge is 0.756 e. The van der Waals surface area contributed by atoms with E-state index in [-0.39, 0.29) is 12.5 Å². The third-order valence-electron chi connectivity index (χ3n) is 6.92. The molecule has 0 bridgehead atoms. The van der Waals surface area contributed by atoms with Gasteiger partial charge < -0.3 is 28.8 Å². The monoisotopic (exact) mass is 664 g/mol. The van der Waals surface area contributed by atoms with Crippen LogP contribution in [0.3, 0.4) is 0 Å². The molecule has 9 heteroatoms. The zero-order valence-corrected chi connectivity index (χ0v) is 30.4. The van der Waals surface area contributed by atoms with Crippen molar-refractivity contribution in [3.05, 3.63) is 72.9 Å². The second-order valence-electron chi connectivity index (χ2n) is 12.5. The zero-order chi connectivity index (χ0) is 34.4. The maximum atomic E-state index is 12.6. The molecule has 2 N–H and O–H groups in total. The van der Waals surface area contributed by atoms with Gasteiger partial charge in [-0.25, -0.2) is 0 Å². The number of allylic oxidation sites excluding steroid dienone is 11. The maximum absolute atomic E-state index is 12.6. The predicted octanol–water partition coefficient (Wildman–Crippen LogP) is 7.88. The zero-order valence-electron chi connectivity index (χ0n) is 29.5. The van der Waals surface area contributed by atoms with Crippen molar-refractivity contribution in [2.75, 3.05) is 40.9 Å². The molecule has 46 heavy (non-hydrogen) atoms. The normalized spacial score (nSPS) is 15.7. The van der Waals surface area contributed by atoms with Gasteiger partial charge in [-0.3, -0.25) is 9.36 Å². The molecule has 0 fully saturated rings. The predicted molar refractivity (Wildman–Crippen MR) is 191 cm³/mol. The van der Waals surface area contributed by atoms with Crippen LogP contribution in [0, 0.1) is 0 Å². The summed E-state index contributed by atoms with van der Waals surface area (Å²) in [4.78, 5) is 24.9. The Morgan fingerprint density at radius 2 is 1.33 bits per heavy atom. The second kappa shape index (κ2) is 29.1. The number of hydrogen-bond acceptors (Lipinski definition) is 6. The second-order valence-corrected chi connectivity index (χ2v) is 13.9. The van der Waals surface area contributed by atoms with Crippen LogP contribution in [0.4, 0.5) is 0 Å². The molecule has 0 spiro atoms. The summed E-state index contributed by atoms with van der Waals surface area (Å²) in [5.74, 6) is -0.242. The Bertz CT molecular complexity index is 981. The number of nitrogens with one attached hydrogen (secondary N) is 1. The molecule has 0 rings (SSSR count). The van der Waals surface area contributed by atoms with Crippen LogP contribution in [0.15, 0.2) is 72.9 Å². The first-order valence-corrected chi connectivity index (χ1v) is 18.8. The van der Waals surface area contributed by atoms with E-state index < -0.39 is 26.6 Å². The van der Waals surface area contributed by atoms with Crippen molar-refractivity contribution in [3.8, 4) is 0 Å². The highest BCUT2D eigenvalue weighted by molar-refractivity contribution is 7.45. The van der Waals surface area contributed by atoms with Gasteiger partial charge in [0.2, 0.25) is 5.91 Å². The summed E-state index contributed by atoms with van der Waals surface area (Å²) >= 11 is 0. The number of carbonyl (C=O) groups excluding carboxylic acids is 1. The van der Waals surface area contributed by atoms with E-state index in [0.717, 1.165) is 77.0 Å². The maximum Gasteiger partial charge on any atom is 0.268 e. The number of likely N-dealkylation sites (N-methyl/N-ethyl adjacent to an activating group) is 1. The number of aliphatic hydroxyl groups excluding tert-OH is 1. The van der Waals surface area contributed by atoms with Crippen LogP contribution >= 0.6 is 7.82 Å². The van der Waals surface area contributed by atoms with Crippen molar-refractivity contribution in [2.45, 2.75) is 116 Å². The van der Waals surface area contributed by atoms with Crippen LogP contribution in [0.25, 0.3) is 0 Å². The summed E-state index contributed by atoms with van der Waals surface area (Å²) in [7, 11) is 1.21. The average molecular weight is 665 g/mol. The van der Waals surface area contributed by atoms with Gasteiger partial charge in [0, 0.05) is 6.42 Å². The highest BCUT2D eigenvalue weighted by atomic mass is 31.2. The van der Waals surface area contributed by atoms with E-state index in [2.05, 4.69) is 79.9 Å². The average Bonchev–Trinajstić information content (AvgIpc) is 2.99. The quantitative estimate of drug-likeness (QED) is 0.0365. The van der Waals surface area contributed by atoms with E-state index in [4.69, 9.17) is 9.05 Å². The lowest BCUT2D eigenvalue weighted by molar-refractivity contribution is -0.870. The van der Waals surface area contributed by atoms with E-state index in [0.29, 0.717) is 23.9 Å². The van der Waals surface area contributed by atoms with Crippen molar-refractivity contribution >= 4 is 13.7 Å². The molecular weight excluding hydrogens is 599 g/mol. The van der Waals surface area contributed by atoms with E-state index >= 15 is 0 Å². The Hall–Kier alpha value is -2.06. The van der Waals surface area contributed by atoms with Crippen LogP contribution in [0.2, 0.25) is 0 Å². The van der Waals surface area contributed by atoms with E-state index in [9.17, 15) is 19.4 Å². The highest BCUT2D eigenvalue weighted by Crippen LogP contribution is 2.38. The minimum absolute atomic E-state index is 0.0131. The Kier molecular flexibility index (Phi) is 27.8. The molecule has 0 saturated heterocycles. The number of carbonyl (C=O) groups is 1. The molecule has 0 aliphatic heterocycles. The van der Waals surface area contributed by atoms with E-state index in [1.165, 1.54) is 0 Å². The molecular formula is C37H65N2O6P. The lowest BCUT2D eigenvalue weighted by atomic mass is 10.1. The minimum Gasteiger partial charge on any atom is -0.756 e. The van der Waals surface area contributed by atoms with Gasteiger partial charge in [0.1, 0.15) is 13.2 Å². The van der Waals surface area contributed by atoms with Gasteiger partial charge in [-0.05, 0) is 64.2 Å². The fourth-order valence-electron chi connectivity index (χ4n) is 4.12. The van der Waals surface area contributed by atoms with Gasteiger partial charge in [-0.2, -0.15) is 0 Å². The number of rotatable bonds is 29. The topological polar surface area (TPSA) is 108 Å². The first-order chi connectivity index (χ1) is 22.0. The van der Waals surface area contributed by atoms with Gasteiger partial charge in [0.25, 0.3) is 7.82 Å². The van der Waals surface area contributed by atoms with Crippen molar-refractivity contribution in [2.24, 2.45) is 0 Å². The number of quaternary nitrogens is 1. The van der Waals surface area contributed by atoms with Crippen molar-refractivity contribution in [3.63, 3.8) is 0 Å². The number of nitrogens with zero attached hydrogens (tertiary/aromatic N) is 1. The summed E-state index contributed by atoms with van der Waals surface area (Å²) in [5, 5.41) is 13.5. The van der Waals surface area contributed by atoms with Gasteiger partial charge in [-0.15, -0.1) is 0 Å². The molecule has 8 nitrogen and oxygen atoms in total. The molecule has 0 aliphatic rings. The summed E-state index contributed by atoms with van der Waals surface area (Å²) in [6.07, 6.45) is 37.0. The van der Waals surface area contributed by atoms with Crippen LogP contribution < -0.4 is 10.2 Å². The van der Waals surface area contributed by atoms with Crippen molar-refractivity contribution in [1.29, 1.82) is 0 Å². The molecule has 0 aromatic carbocycles. The number of aliphatic hydroxyl groups is 1. The molecule has 1 amide bonds. The number of phosphoric ester groups is 1. The van der Waals surface area contributed by atoms with Crippen LogP contribution in [0.5, 0.6) is 0 Å². The summed E-state index contributed by atoms with van der Waals surface area (Å²) in [6.45, 7) is 4.34. The molecule has 3 atom stereocenters. The first-order valence-electron chi connectivity index (χ1n) is 17.3. The van der Waals surface area contributed by atoms with Gasteiger partial charge in [-0.1, -0.05) is 106 Å². The highest BCUT2D eigenvalue weighted by Gasteiger charge is 2.23. The van der Waals surface area contributed by atoms with E-state index in [1.807, 2.05) is 27.2 Å². The minimum atomic E-state index is -4.58. The molecule has 0 aromatic heterocycles. The molecule has 0 radical (unpaired) electrons. The van der Waals surface area contributed by atoms with Crippen LogP contribution in [-0.4, -0.2) is 68.5 Å². The number of phosphoric acid groups is 1. The molecule has 264 valence electrons. The SMILES string of the molecule is CC/C=C\C/C=C\C/C=C\C/C=C\C/C=C\CCCCCC(=O)NC(COP(=O)([O-])OCC[N+](C)(C)C)C(O)/C=C/CCCCC. The van der Waals surface area contributed by atoms with Gasteiger partial charge in [0.05, 0.1) is 39.9 Å². The summed E-state index contributed by atoms with van der Waals surface area (Å²) < 4.78 is 22.8. The van der Waals surface area contributed by atoms with E-state index in [1.54, 1.807) is 6.08 Å². The number of unbranched alkanes of at least 4 members (excludes halogenated alkanes) is 6. The smallest absolute Gasteiger partial charge is 0.268 e. The van der Waals surface area contributed by atoms with Gasteiger partial charge >= 0.3 is 0 Å². The van der Waals surface area contributed by atoms with Gasteiger partial charge in [0.15, 0.2) is 0 Å². The Morgan fingerprint density at radius 1 is 0.783 bits per heavy atom. The number of amides is 1. The summed E-state index contributed by atoms with van der Waals surface area (Å²) in [5.41, 5.74) is 0. The Labute approximate surface area is 281 Å². The molecule has 0 heterocycles. The third kappa shape index (κ3) is 30.6. The molecule has 3 unspecified atom stereocenters. The lowest BCUT2D eigenvalue weighted by Gasteiger charge is -2.29. The standard InChI is InChI=1S/C37H65N2O6P/c1-6-8-10-12-13-14-15-16-17-18-19-20-21-22-23-24-25-27-29-31-37(41)38-35(36(40)30-28-26-11-9-7-2)34-45-46(42,43)44-33-32-39(3,4)5/h8,10,13-14,16-17,19-20,22-23,28,30,35-36,40H,6-7,9,11-12,15,18,21,24-27,29,31-34H2,1-5H3,(H-,38,41,42,43)/b10-8-,14-13-,17-16-,20-19-,23-22-,30-28+. The van der Waals surface area contributed by atoms with Crippen molar-refractivity contribution in [1.82, 2.24) is 5.32 Å². The fourth-order valence-corrected chi connectivity index (χ4v) is 4.84. The first kappa shape index (κ1) is 43.9. The van der Waals surface area contributed by atoms with Crippen LogP contribution in [-0.2, 0) is 18.4 Å². The molecule has 0 aliphatic carbocycles. The Balaban J connectivity index is 4.43. The van der Waals surface area contributed by atoms with Crippen LogP contribution in [0.1, 0.15) is 104 Å². The summed E-state index contributed by atoms with van der Waals surface area (Å²) in [6, 6.07) is -0.902. The number of hydrogen-bond donors (Lipinski definition) is 2. The fraction of sp³-hybridized carbons (Fsp3) is 0.649. The third-order valence-corrected chi connectivity index (χ3v) is 7.89. The Morgan fingerprint density at radius 3 is 1.89 bits per heavy atom. The molecule has 0 saturated carbocycles. The molecule has 0 aromatic rings. The lowest BCUT2D eigenvalue weighted by Crippen LogP contribution is -2.45.